The molecular weight excluding hydrogens is 338 g/mol. The van der Waals surface area contributed by atoms with Crippen molar-refractivity contribution in [2.45, 2.75) is 39.2 Å². The molecule has 2 aromatic heterocycles. The highest BCUT2D eigenvalue weighted by Crippen LogP contribution is 2.30. The van der Waals surface area contributed by atoms with Crippen LogP contribution in [0.4, 0.5) is 5.82 Å². The van der Waals surface area contributed by atoms with E-state index in [0.29, 0.717) is 12.2 Å². The third-order valence-corrected chi connectivity index (χ3v) is 5.34. The number of nitrogens with one attached hydrogen (secondary N) is 2. The number of para-hydroxylation sites is 1. The number of hydrogen-bond donors (Lipinski definition) is 2. The summed E-state index contributed by atoms with van der Waals surface area (Å²) in [7, 11) is 0. The number of aromatic amines is 1. The SMILES string of the molecule is CCn1cc(-c2cc(NC(=O)CCCN3CCCC3)n[nH]2)c2ccccc21. The Bertz CT molecular complexity index is 920. The van der Waals surface area contributed by atoms with Gasteiger partial charge in [0.15, 0.2) is 5.82 Å². The molecule has 1 saturated heterocycles. The van der Waals surface area contributed by atoms with Gasteiger partial charge in [0.1, 0.15) is 0 Å². The largest absolute Gasteiger partial charge is 0.347 e. The molecule has 0 unspecified atom stereocenters. The van der Waals surface area contributed by atoms with Crippen LogP contribution in [0.15, 0.2) is 36.5 Å². The Hall–Kier alpha value is -2.60. The molecule has 4 rings (SSSR count). The van der Waals surface area contributed by atoms with Crippen molar-refractivity contribution in [2.75, 3.05) is 25.0 Å². The summed E-state index contributed by atoms with van der Waals surface area (Å²) in [5.74, 6) is 0.618. The number of anilines is 1. The van der Waals surface area contributed by atoms with Crippen LogP contribution in [0, 0.1) is 0 Å². The van der Waals surface area contributed by atoms with E-state index in [-0.39, 0.29) is 5.91 Å². The van der Waals surface area contributed by atoms with Crippen LogP contribution in [0.25, 0.3) is 22.2 Å². The maximum absolute atomic E-state index is 12.2. The van der Waals surface area contributed by atoms with Crippen LogP contribution in [0.2, 0.25) is 0 Å². The van der Waals surface area contributed by atoms with E-state index in [4.69, 9.17) is 0 Å². The van der Waals surface area contributed by atoms with E-state index in [9.17, 15) is 4.79 Å². The molecule has 0 aliphatic carbocycles. The van der Waals surface area contributed by atoms with Gasteiger partial charge in [-0.3, -0.25) is 9.89 Å². The van der Waals surface area contributed by atoms with Gasteiger partial charge in [0.25, 0.3) is 0 Å². The van der Waals surface area contributed by atoms with E-state index in [1.807, 2.05) is 12.1 Å². The molecule has 6 nitrogen and oxygen atoms in total. The fraction of sp³-hybridized carbons (Fsp3) is 0.429. The molecule has 0 spiro atoms. The zero-order valence-corrected chi connectivity index (χ0v) is 15.9. The van der Waals surface area contributed by atoms with Crippen LogP contribution >= 0.6 is 0 Å². The van der Waals surface area contributed by atoms with Gasteiger partial charge in [0, 0.05) is 41.7 Å². The lowest BCUT2D eigenvalue weighted by atomic mass is 10.1. The van der Waals surface area contributed by atoms with Crippen LogP contribution in [-0.2, 0) is 11.3 Å². The van der Waals surface area contributed by atoms with Crippen LogP contribution in [0.3, 0.4) is 0 Å². The molecule has 1 aliphatic rings. The summed E-state index contributed by atoms with van der Waals surface area (Å²) in [6, 6.07) is 10.3. The average molecular weight is 365 g/mol. The Morgan fingerprint density at radius 2 is 2.07 bits per heavy atom. The first-order valence-corrected chi connectivity index (χ1v) is 9.90. The highest BCUT2D eigenvalue weighted by atomic mass is 16.1. The predicted octanol–water partition coefficient (Wildman–Crippen LogP) is 3.87. The van der Waals surface area contributed by atoms with Gasteiger partial charge >= 0.3 is 0 Å². The quantitative estimate of drug-likeness (QED) is 0.668. The number of hydrogen-bond acceptors (Lipinski definition) is 3. The second-order valence-corrected chi connectivity index (χ2v) is 7.21. The lowest BCUT2D eigenvalue weighted by Crippen LogP contribution is -2.22. The number of H-pyrrole nitrogens is 1. The molecule has 1 amide bonds. The van der Waals surface area contributed by atoms with Gasteiger partial charge in [-0.1, -0.05) is 18.2 Å². The topological polar surface area (TPSA) is 66.0 Å². The summed E-state index contributed by atoms with van der Waals surface area (Å²) in [6.07, 6.45) is 6.15. The van der Waals surface area contributed by atoms with E-state index in [1.165, 1.54) is 36.8 Å². The highest BCUT2D eigenvalue weighted by Gasteiger charge is 2.14. The first-order valence-electron chi connectivity index (χ1n) is 9.90. The van der Waals surface area contributed by atoms with Crippen molar-refractivity contribution in [2.24, 2.45) is 0 Å². The monoisotopic (exact) mass is 365 g/mol. The molecule has 6 heteroatoms. The lowest BCUT2D eigenvalue weighted by Gasteiger charge is -2.13. The molecule has 0 atom stereocenters. The number of likely N-dealkylation sites (tertiary alicyclic amines) is 1. The lowest BCUT2D eigenvalue weighted by molar-refractivity contribution is -0.116. The summed E-state index contributed by atoms with van der Waals surface area (Å²) >= 11 is 0. The fourth-order valence-electron chi connectivity index (χ4n) is 3.92. The van der Waals surface area contributed by atoms with Gasteiger partial charge in [0.05, 0.1) is 5.69 Å². The Balaban J connectivity index is 1.40. The summed E-state index contributed by atoms with van der Waals surface area (Å²) in [4.78, 5) is 14.6. The molecule has 27 heavy (non-hydrogen) atoms. The van der Waals surface area contributed by atoms with Crippen LogP contribution in [0.1, 0.15) is 32.6 Å². The molecule has 3 heterocycles. The molecular formula is C21H27N5O. The van der Waals surface area contributed by atoms with E-state index in [2.05, 4.69) is 56.3 Å². The molecule has 1 fully saturated rings. The van der Waals surface area contributed by atoms with E-state index >= 15 is 0 Å². The zero-order valence-electron chi connectivity index (χ0n) is 15.9. The maximum Gasteiger partial charge on any atom is 0.225 e. The third-order valence-electron chi connectivity index (χ3n) is 5.34. The Morgan fingerprint density at radius 1 is 1.26 bits per heavy atom. The predicted molar refractivity (Wildman–Crippen MR) is 109 cm³/mol. The number of aryl methyl sites for hydroxylation is 1. The van der Waals surface area contributed by atoms with Crippen LogP contribution in [0.5, 0.6) is 0 Å². The number of carbonyl (C=O) groups excluding carboxylic acids is 1. The molecule has 2 N–H and O–H groups in total. The number of carbonyl (C=O) groups is 1. The number of nitrogens with zero attached hydrogens (tertiary/aromatic N) is 3. The van der Waals surface area contributed by atoms with Crippen molar-refractivity contribution < 1.29 is 4.79 Å². The van der Waals surface area contributed by atoms with Crippen molar-refractivity contribution in [3.63, 3.8) is 0 Å². The molecule has 0 bridgehead atoms. The first kappa shape index (κ1) is 17.8. The second kappa shape index (κ2) is 7.96. The Kier molecular flexibility index (Phi) is 5.25. The van der Waals surface area contributed by atoms with Gasteiger partial charge in [-0.2, -0.15) is 5.10 Å². The molecule has 142 valence electrons. The standard InChI is InChI=1S/C21H27N5O/c1-2-26-15-17(16-8-3-4-9-19(16)26)18-14-20(24-23-18)22-21(27)10-7-13-25-11-5-6-12-25/h3-4,8-9,14-15H,2,5-7,10-13H2,1H3,(H2,22,23,24,27). The number of benzene rings is 1. The summed E-state index contributed by atoms with van der Waals surface area (Å²) in [5, 5.41) is 11.5. The molecule has 3 aromatic rings. The summed E-state index contributed by atoms with van der Waals surface area (Å²) in [5.41, 5.74) is 3.23. The molecule has 0 saturated carbocycles. The Morgan fingerprint density at radius 3 is 2.89 bits per heavy atom. The minimum absolute atomic E-state index is 0.0308. The van der Waals surface area contributed by atoms with Crippen molar-refractivity contribution >= 4 is 22.6 Å². The van der Waals surface area contributed by atoms with Crippen molar-refractivity contribution in [1.82, 2.24) is 19.7 Å². The van der Waals surface area contributed by atoms with Gasteiger partial charge in [-0.15, -0.1) is 0 Å². The number of fused-ring (bicyclic) bond motifs is 1. The molecule has 1 aliphatic heterocycles. The Labute approximate surface area is 159 Å². The van der Waals surface area contributed by atoms with Crippen molar-refractivity contribution in [3.8, 4) is 11.3 Å². The van der Waals surface area contributed by atoms with Crippen LogP contribution < -0.4 is 5.32 Å². The van der Waals surface area contributed by atoms with Gasteiger partial charge in [0.2, 0.25) is 5.91 Å². The van der Waals surface area contributed by atoms with E-state index in [1.54, 1.807) is 0 Å². The maximum atomic E-state index is 12.2. The number of amides is 1. The summed E-state index contributed by atoms with van der Waals surface area (Å²) in [6.45, 7) is 6.41. The smallest absolute Gasteiger partial charge is 0.225 e. The fourth-order valence-corrected chi connectivity index (χ4v) is 3.92. The number of rotatable bonds is 7. The van der Waals surface area contributed by atoms with Gasteiger partial charge < -0.3 is 14.8 Å². The molecule has 0 radical (unpaired) electrons. The average Bonchev–Trinajstić information content (AvgIpc) is 3.41. The highest BCUT2D eigenvalue weighted by molar-refractivity contribution is 5.96. The van der Waals surface area contributed by atoms with Crippen LogP contribution in [-0.4, -0.2) is 45.2 Å². The van der Waals surface area contributed by atoms with Crippen molar-refractivity contribution in [1.29, 1.82) is 0 Å². The molecule has 1 aromatic carbocycles. The minimum Gasteiger partial charge on any atom is -0.347 e. The number of aromatic nitrogens is 3. The first-order chi connectivity index (χ1) is 13.2. The van der Waals surface area contributed by atoms with Crippen molar-refractivity contribution in [3.05, 3.63) is 36.5 Å². The zero-order chi connectivity index (χ0) is 18.6. The minimum atomic E-state index is 0.0308. The van der Waals surface area contributed by atoms with Gasteiger partial charge in [-0.25, -0.2) is 0 Å². The van der Waals surface area contributed by atoms with Gasteiger partial charge in [-0.05, 0) is 51.9 Å². The second-order valence-electron chi connectivity index (χ2n) is 7.21. The normalized spacial score (nSPS) is 14.9. The third kappa shape index (κ3) is 3.90. The summed E-state index contributed by atoms with van der Waals surface area (Å²) < 4.78 is 2.22. The van der Waals surface area contributed by atoms with E-state index in [0.717, 1.165) is 30.8 Å². The van der Waals surface area contributed by atoms with E-state index < -0.39 is 0 Å².